The molecule has 0 bridgehead atoms. The molecule has 2 unspecified atom stereocenters. The topological polar surface area (TPSA) is 38.0 Å². The van der Waals surface area contributed by atoms with Crippen LogP contribution in [0.4, 0.5) is 13.2 Å². The number of alkyl halides is 3. The van der Waals surface area contributed by atoms with E-state index in [9.17, 15) is 13.2 Å². The van der Waals surface area contributed by atoms with Crippen LogP contribution in [0.25, 0.3) is 0 Å². The first-order valence-electron chi connectivity index (χ1n) is 6.13. The van der Waals surface area contributed by atoms with Crippen LogP contribution in [0, 0.1) is 0 Å². The first-order valence-corrected chi connectivity index (χ1v) is 6.13. The average Bonchev–Trinajstić information content (AvgIpc) is 2.34. The first kappa shape index (κ1) is 13.4. The lowest BCUT2D eigenvalue weighted by Gasteiger charge is -2.29. The lowest BCUT2D eigenvalue weighted by molar-refractivity contribution is -0.158. The molecule has 1 aromatic rings. The molecule has 5 heteroatoms. The Kier molecular flexibility index (Phi) is 3.92. The predicted molar refractivity (Wildman–Crippen MR) is 63.9 cm³/mol. The molecule has 2 atom stereocenters. The standard InChI is InChI=1S/C13H17F3N2/c14-13(15,16)12(18-17)8-10-6-3-5-9-4-1-2-7-11(9)10/h1-2,4,7,10,12,18H,3,5-6,8,17H2. The molecule has 100 valence electrons. The van der Waals surface area contributed by atoms with Crippen LogP contribution in [-0.4, -0.2) is 12.2 Å². The molecule has 0 spiro atoms. The van der Waals surface area contributed by atoms with Crippen LogP contribution in [0.5, 0.6) is 0 Å². The Hall–Kier alpha value is -1.07. The van der Waals surface area contributed by atoms with Crippen molar-refractivity contribution in [2.24, 2.45) is 5.84 Å². The van der Waals surface area contributed by atoms with Crippen LogP contribution in [0.2, 0.25) is 0 Å². The van der Waals surface area contributed by atoms with Crippen molar-refractivity contribution in [3.05, 3.63) is 35.4 Å². The molecule has 2 nitrogen and oxygen atoms in total. The van der Waals surface area contributed by atoms with Gasteiger partial charge in [-0.1, -0.05) is 24.3 Å². The van der Waals surface area contributed by atoms with Gasteiger partial charge in [0, 0.05) is 0 Å². The van der Waals surface area contributed by atoms with Gasteiger partial charge in [-0.3, -0.25) is 5.84 Å². The van der Waals surface area contributed by atoms with Gasteiger partial charge in [0.25, 0.3) is 0 Å². The second-order valence-corrected chi connectivity index (χ2v) is 4.78. The largest absolute Gasteiger partial charge is 0.405 e. The molecule has 1 aliphatic carbocycles. The van der Waals surface area contributed by atoms with Crippen molar-refractivity contribution in [2.45, 2.75) is 43.8 Å². The van der Waals surface area contributed by atoms with Crippen molar-refractivity contribution < 1.29 is 13.2 Å². The van der Waals surface area contributed by atoms with Gasteiger partial charge in [-0.2, -0.15) is 13.2 Å². The van der Waals surface area contributed by atoms with Gasteiger partial charge in [-0.25, -0.2) is 5.43 Å². The Morgan fingerprint density at radius 3 is 2.72 bits per heavy atom. The molecule has 18 heavy (non-hydrogen) atoms. The molecular formula is C13H17F3N2. The fourth-order valence-electron chi connectivity index (χ4n) is 2.68. The highest BCUT2D eigenvalue weighted by Crippen LogP contribution is 2.37. The predicted octanol–water partition coefficient (Wildman–Crippen LogP) is 2.89. The summed E-state index contributed by atoms with van der Waals surface area (Å²) in [5, 5.41) is 0. The van der Waals surface area contributed by atoms with Crippen molar-refractivity contribution in [1.29, 1.82) is 0 Å². The van der Waals surface area contributed by atoms with Crippen molar-refractivity contribution >= 4 is 0 Å². The maximum atomic E-state index is 12.7. The molecule has 0 radical (unpaired) electrons. The number of hydrazine groups is 1. The third-order valence-corrected chi connectivity index (χ3v) is 3.61. The van der Waals surface area contributed by atoms with E-state index >= 15 is 0 Å². The minimum absolute atomic E-state index is 0.0109. The summed E-state index contributed by atoms with van der Waals surface area (Å²) in [5.74, 6) is 4.97. The minimum atomic E-state index is -4.29. The minimum Gasteiger partial charge on any atom is -0.271 e. The number of aryl methyl sites for hydroxylation is 1. The quantitative estimate of drug-likeness (QED) is 0.646. The maximum Gasteiger partial charge on any atom is 0.405 e. The number of benzene rings is 1. The zero-order chi connectivity index (χ0) is 13.2. The number of nitrogens with two attached hydrogens (primary N) is 1. The number of hydrogen-bond acceptors (Lipinski definition) is 2. The van der Waals surface area contributed by atoms with Gasteiger partial charge in [0.05, 0.1) is 0 Å². The van der Waals surface area contributed by atoms with E-state index in [1.165, 1.54) is 5.56 Å². The molecule has 0 aromatic heterocycles. The highest BCUT2D eigenvalue weighted by molar-refractivity contribution is 5.32. The molecule has 0 heterocycles. The van der Waals surface area contributed by atoms with Crippen molar-refractivity contribution in [3.63, 3.8) is 0 Å². The highest BCUT2D eigenvalue weighted by Gasteiger charge is 2.40. The molecule has 1 aromatic carbocycles. The highest BCUT2D eigenvalue weighted by atomic mass is 19.4. The molecule has 2 rings (SSSR count). The number of rotatable bonds is 3. The Bertz CT molecular complexity index is 403. The van der Waals surface area contributed by atoms with Gasteiger partial charge in [0.2, 0.25) is 0 Å². The van der Waals surface area contributed by atoms with Crippen molar-refractivity contribution in [2.75, 3.05) is 0 Å². The maximum absolute atomic E-state index is 12.7. The molecule has 0 fully saturated rings. The Labute approximate surface area is 104 Å². The zero-order valence-electron chi connectivity index (χ0n) is 10.0. The lowest BCUT2D eigenvalue weighted by atomic mass is 9.79. The molecule has 0 saturated carbocycles. The van der Waals surface area contributed by atoms with Crippen LogP contribution in [0.15, 0.2) is 24.3 Å². The Morgan fingerprint density at radius 2 is 2.06 bits per heavy atom. The van der Waals surface area contributed by atoms with Gasteiger partial charge in [-0.05, 0) is 42.7 Å². The lowest BCUT2D eigenvalue weighted by Crippen LogP contribution is -2.47. The average molecular weight is 258 g/mol. The van der Waals surface area contributed by atoms with E-state index in [1.54, 1.807) is 0 Å². The Morgan fingerprint density at radius 1 is 1.33 bits per heavy atom. The van der Waals surface area contributed by atoms with E-state index in [0.717, 1.165) is 24.8 Å². The molecule has 1 aliphatic rings. The van der Waals surface area contributed by atoms with Gasteiger partial charge < -0.3 is 0 Å². The van der Waals surface area contributed by atoms with E-state index in [4.69, 9.17) is 5.84 Å². The summed E-state index contributed by atoms with van der Waals surface area (Å²) in [6, 6.07) is 6.12. The number of fused-ring (bicyclic) bond motifs is 1. The summed E-state index contributed by atoms with van der Waals surface area (Å²) in [5.41, 5.74) is 4.12. The van der Waals surface area contributed by atoms with Gasteiger partial charge >= 0.3 is 6.18 Å². The number of hydrogen-bond donors (Lipinski definition) is 2. The van der Waals surface area contributed by atoms with Crippen molar-refractivity contribution in [3.8, 4) is 0 Å². The summed E-state index contributed by atoms with van der Waals surface area (Å²) in [7, 11) is 0. The van der Waals surface area contributed by atoms with Crippen LogP contribution in [0.3, 0.4) is 0 Å². The SMILES string of the molecule is NNC(CC1CCCc2ccccc21)C(F)(F)F. The second-order valence-electron chi connectivity index (χ2n) is 4.78. The molecule has 0 amide bonds. The smallest absolute Gasteiger partial charge is 0.271 e. The number of halogens is 3. The summed E-state index contributed by atoms with van der Waals surface area (Å²) in [6.45, 7) is 0. The van der Waals surface area contributed by atoms with Gasteiger partial charge in [0.15, 0.2) is 0 Å². The third-order valence-electron chi connectivity index (χ3n) is 3.61. The number of nitrogens with one attached hydrogen (secondary N) is 1. The fourth-order valence-corrected chi connectivity index (χ4v) is 2.68. The van der Waals surface area contributed by atoms with E-state index in [2.05, 4.69) is 0 Å². The fraction of sp³-hybridized carbons (Fsp3) is 0.538. The van der Waals surface area contributed by atoms with Crippen LogP contribution in [0.1, 0.15) is 36.3 Å². The van der Waals surface area contributed by atoms with Crippen molar-refractivity contribution in [1.82, 2.24) is 5.43 Å². The molecule has 3 N–H and O–H groups in total. The van der Waals surface area contributed by atoms with Crippen LogP contribution in [-0.2, 0) is 6.42 Å². The summed E-state index contributed by atoms with van der Waals surface area (Å²) < 4.78 is 38.1. The summed E-state index contributed by atoms with van der Waals surface area (Å²) in [4.78, 5) is 0. The van der Waals surface area contributed by atoms with Crippen LogP contribution < -0.4 is 11.3 Å². The van der Waals surface area contributed by atoms with Crippen LogP contribution >= 0.6 is 0 Å². The summed E-state index contributed by atoms with van der Waals surface area (Å²) >= 11 is 0. The monoisotopic (exact) mass is 258 g/mol. The normalized spacial score (nSPS) is 21.4. The van der Waals surface area contributed by atoms with E-state index in [0.29, 0.717) is 0 Å². The second kappa shape index (κ2) is 5.28. The molecule has 0 aliphatic heterocycles. The first-order chi connectivity index (χ1) is 8.52. The third kappa shape index (κ3) is 2.84. The zero-order valence-corrected chi connectivity index (χ0v) is 10.0. The molecular weight excluding hydrogens is 241 g/mol. The van der Waals surface area contributed by atoms with E-state index in [-0.39, 0.29) is 12.3 Å². The summed E-state index contributed by atoms with van der Waals surface area (Å²) in [6.07, 6.45) is -1.58. The van der Waals surface area contributed by atoms with E-state index < -0.39 is 12.2 Å². The van der Waals surface area contributed by atoms with E-state index in [1.807, 2.05) is 29.7 Å². The van der Waals surface area contributed by atoms with Gasteiger partial charge in [-0.15, -0.1) is 0 Å². The molecule has 0 saturated heterocycles. The van der Waals surface area contributed by atoms with Gasteiger partial charge in [0.1, 0.15) is 6.04 Å². The Balaban J connectivity index is 2.16.